The largest absolute Gasteiger partial charge is 0.491 e. The summed E-state index contributed by atoms with van der Waals surface area (Å²) in [7, 11) is 0. The molecule has 0 atom stereocenters. The third kappa shape index (κ3) is 4.08. The number of carbonyl (C=O) groups excluding carboxylic acids is 1. The van der Waals surface area contributed by atoms with E-state index in [1.54, 1.807) is 48.5 Å². The number of ether oxygens (including phenoxy) is 1. The van der Waals surface area contributed by atoms with E-state index in [1.165, 1.54) is 0 Å². The Labute approximate surface area is 124 Å². The molecule has 1 amide bonds. The van der Waals surface area contributed by atoms with Gasteiger partial charge in [0.1, 0.15) is 5.75 Å². The average molecular weight is 280 g/mol. The van der Waals surface area contributed by atoms with E-state index < -0.39 is 0 Å². The van der Waals surface area contributed by atoms with Gasteiger partial charge in [0.05, 0.1) is 17.7 Å². The van der Waals surface area contributed by atoms with Crippen molar-refractivity contribution in [3.63, 3.8) is 0 Å². The van der Waals surface area contributed by atoms with Crippen molar-refractivity contribution in [3.05, 3.63) is 59.7 Å². The Morgan fingerprint density at radius 1 is 1.19 bits per heavy atom. The number of carbonyl (C=O) groups is 1. The van der Waals surface area contributed by atoms with Gasteiger partial charge < -0.3 is 10.1 Å². The number of anilines is 1. The van der Waals surface area contributed by atoms with E-state index in [4.69, 9.17) is 10.00 Å². The van der Waals surface area contributed by atoms with E-state index in [0.717, 1.165) is 5.75 Å². The molecule has 21 heavy (non-hydrogen) atoms. The standard InChI is InChI=1S/C17H16N2O2/c1-12(2)21-16-8-6-14(7-9-16)17(20)19-15-5-3-4-13(10-15)11-18/h3-10,12H,1-2H3,(H,19,20). The molecular weight excluding hydrogens is 264 g/mol. The number of hydrogen-bond donors (Lipinski definition) is 1. The molecule has 0 fully saturated rings. The zero-order chi connectivity index (χ0) is 15.2. The molecule has 2 rings (SSSR count). The normalized spacial score (nSPS) is 10.0. The van der Waals surface area contributed by atoms with Crippen LogP contribution in [0.5, 0.6) is 5.75 Å². The second kappa shape index (κ2) is 6.58. The van der Waals surface area contributed by atoms with Gasteiger partial charge in [-0.2, -0.15) is 5.26 Å². The van der Waals surface area contributed by atoms with E-state index >= 15 is 0 Å². The topological polar surface area (TPSA) is 62.1 Å². The molecular formula is C17H16N2O2. The Bertz CT molecular complexity index is 670. The molecule has 0 aliphatic carbocycles. The molecule has 2 aromatic carbocycles. The lowest BCUT2D eigenvalue weighted by molar-refractivity contribution is 0.102. The molecule has 4 heteroatoms. The number of nitrogens with zero attached hydrogens (tertiary/aromatic N) is 1. The summed E-state index contributed by atoms with van der Waals surface area (Å²) in [6.45, 7) is 3.89. The number of hydrogen-bond acceptors (Lipinski definition) is 3. The zero-order valence-corrected chi connectivity index (χ0v) is 12.0. The second-order valence-corrected chi connectivity index (χ2v) is 4.84. The van der Waals surface area contributed by atoms with Gasteiger partial charge in [0, 0.05) is 11.3 Å². The molecule has 0 heterocycles. The number of nitrogens with one attached hydrogen (secondary N) is 1. The number of benzene rings is 2. The van der Waals surface area contributed by atoms with Gasteiger partial charge in [-0.05, 0) is 56.3 Å². The van der Waals surface area contributed by atoms with Gasteiger partial charge in [0.2, 0.25) is 0 Å². The van der Waals surface area contributed by atoms with E-state index in [0.29, 0.717) is 16.8 Å². The summed E-state index contributed by atoms with van der Waals surface area (Å²) in [5.74, 6) is 0.509. The Balaban J connectivity index is 2.08. The molecule has 4 nitrogen and oxygen atoms in total. The molecule has 2 aromatic rings. The quantitative estimate of drug-likeness (QED) is 0.930. The van der Waals surface area contributed by atoms with Crippen LogP contribution in [0.3, 0.4) is 0 Å². The van der Waals surface area contributed by atoms with Gasteiger partial charge >= 0.3 is 0 Å². The molecule has 0 spiro atoms. The van der Waals surface area contributed by atoms with Crippen LogP contribution in [0.2, 0.25) is 0 Å². The third-order valence-electron chi connectivity index (χ3n) is 2.74. The fourth-order valence-corrected chi connectivity index (χ4v) is 1.83. The van der Waals surface area contributed by atoms with Crippen LogP contribution in [0.1, 0.15) is 29.8 Å². The summed E-state index contributed by atoms with van der Waals surface area (Å²) in [5, 5.41) is 11.6. The molecule has 0 aliphatic rings. The lowest BCUT2D eigenvalue weighted by Gasteiger charge is -2.10. The second-order valence-electron chi connectivity index (χ2n) is 4.84. The van der Waals surface area contributed by atoms with Crippen LogP contribution in [-0.4, -0.2) is 12.0 Å². The van der Waals surface area contributed by atoms with Gasteiger partial charge in [-0.3, -0.25) is 4.79 Å². The van der Waals surface area contributed by atoms with Gasteiger partial charge in [-0.15, -0.1) is 0 Å². The van der Waals surface area contributed by atoms with Crippen molar-refractivity contribution in [2.45, 2.75) is 20.0 Å². The van der Waals surface area contributed by atoms with Crippen molar-refractivity contribution in [1.82, 2.24) is 0 Å². The van der Waals surface area contributed by atoms with Gasteiger partial charge in [0.25, 0.3) is 5.91 Å². The maximum absolute atomic E-state index is 12.1. The first-order valence-corrected chi connectivity index (χ1v) is 6.66. The van der Waals surface area contributed by atoms with Gasteiger partial charge in [-0.25, -0.2) is 0 Å². The lowest BCUT2D eigenvalue weighted by Crippen LogP contribution is -2.12. The van der Waals surface area contributed by atoms with Crippen LogP contribution in [0.4, 0.5) is 5.69 Å². The Morgan fingerprint density at radius 3 is 2.52 bits per heavy atom. The Morgan fingerprint density at radius 2 is 1.90 bits per heavy atom. The summed E-state index contributed by atoms with van der Waals surface area (Å²) in [6.07, 6.45) is 0.0957. The van der Waals surface area contributed by atoms with Crippen molar-refractivity contribution >= 4 is 11.6 Å². The SMILES string of the molecule is CC(C)Oc1ccc(C(=O)Nc2cccc(C#N)c2)cc1. The lowest BCUT2D eigenvalue weighted by atomic mass is 10.2. The van der Waals surface area contributed by atoms with Crippen molar-refractivity contribution in [3.8, 4) is 11.8 Å². The summed E-state index contributed by atoms with van der Waals surface area (Å²) in [5.41, 5.74) is 1.64. The first kappa shape index (κ1) is 14.6. The van der Waals surface area contributed by atoms with Crippen LogP contribution in [0.15, 0.2) is 48.5 Å². The van der Waals surface area contributed by atoms with Crippen molar-refractivity contribution in [2.75, 3.05) is 5.32 Å². The highest BCUT2D eigenvalue weighted by molar-refractivity contribution is 6.04. The number of rotatable bonds is 4. The van der Waals surface area contributed by atoms with E-state index in [9.17, 15) is 4.79 Å². The average Bonchev–Trinajstić information content (AvgIpc) is 2.47. The van der Waals surface area contributed by atoms with Crippen molar-refractivity contribution in [1.29, 1.82) is 5.26 Å². The highest BCUT2D eigenvalue weighted by atomic mass is 16.5. The minimum absolute atomic E-state index is 0.0957. The molecule has 0 saturated heterocycles. The van der Waals surface area contributed by atoms with Crippen LogP contribution < -0.4 is 10.1 Å². The van der Waals surface area contributed by atoms with E-state index in [-0.39, 0.29) is 12.0 Å². The first-order valence-electron chi connectivity index (χ1n) is 6.66. The van der Waals surface area contributed by atoms with Crippen LogP contribution in [0, 0.1) is 11.3 Å². The highest BCUT2D eigenvalue weighted by Gasteiger charge is 2.07. The minimum atomic E-state index is -0.221. The Kier molecular flexibility index (Phi) is 4.57. The fraction of sp³-hybridized carbons (Fsp3) is 0.176. The monoisotopic (exact) mass is 280 g/mol. The predicted octanol–water partition coefficient (Wildman–Crippen LogP) is 3.60. The van der Waals surface area contributed by atoms with Crippen molar-refractivity contribution < 1.29 is 9.53 Å². The van der Waals surface area contributed by atoms with Gasteiger partial charge in [-0.1, -0.05) is 6.07 Å². The zero-order valence-electron chi connectivity index (χ0n) is 12.0. The molecule has 0 saturated carbocycles. The van der Waals surface area contributed by atoms with Crippen LogP contribution in [0.25, 0.3) is 0 Å². The number of nitriles is 1. The van der Waals surface area contributed by atoms with E-state index in [2.05, 4.69) is 5.32 Å². The molecule has 0 aliphatic heterocycles. The molecule has 0 radical (unpaired) electrons. The number of amides is 1. The van der Waals surface area contributed by atoms with E-state index in [1.807, 2.05) is 19.9 Å². The third-order valence-corrected chi connectivity index (χ3v) is 2.74. The minimum Gasteiger partial charge on any atom is -0.491 e. The van der Waals surface area contributed by atoms with Gasteiger partial charge in [0.15, 0.2) is 0 Å². The van der Waals surface area contributed by atoms with Crippen LogP contribution in [-0.2, 0) is 0 Å². The smallest absolute Gasteiger partial charge is 0.255 e. The summed E-state index contributed by atoms with van der Waals surface area (Å²) in [6, 6.07) is 15.8. The fourth-order valence-electron chi connectivity index (χ4n) is 1.83. The molecule has 0 unspecified atom stereocenters. The maximum Gasteiger partial charge on any atom is 0.255 e. The maximum atomic E-state index is 12.1. The molecule has 0 bridgehead atoms. The predicted molar refractivity (Wildman–Crippen MR) is 81.3 cm³/mol. The van der Waals surface area contributed by atoms with Crippen LogP contribution >= 0.6 is 0 Å². The molecule has 106 valence electrons. The highest BCUT2D eigenvalue weighted by Crippen LogP contribution is 2.16. The first-order chi connectivity index (χ1) is 10.1. The summed E-state index contributed by atoms with van der Waals surface area (Å²) < 4.78 is 5.53. The molecule has 1 N–H and O–H groups in total. The molecule has 0 aromatic heterocycles. The summed E-state index contributed by atoms with van der Waals surface area (Å²) in [4.78, 5) is 12.1. The van der Waals surface area contributed by atoms with Crippen molar-refractivity contribution in [2.24, 2.45) is 0 Å². The Hall–Kier alpha value is -2.80. The summed E-state index contributed by atoms with van der Waals surface area (Å²) >= 11 is 0.